The molecule has 5 rings (SSSR count). The molecule has 2 heterocycles. The summed E-state index contributed by atoms with van der Waals surface area (Å²) in [5.74, 6) is -1.86. The molecule has 0 fully saturated rings. The molecule has 0 N–H and O–H groups in total. The van der Waals surface area contributed by atoms with Gasteiger partial charge in [-0.1, -0.05) is 17.7 Å². The normalized spacial score (nSPS) is 14.0. The first-order chi connectivity index (χ1) is 22.6. The largest absolute Gasteiger partial charge is 0.586 e. The summed E-state index contributed by atoms with van der Waals surface area (Å²) >= 11 is 19.0. The molecule has 260 valence electrons. The van der Waals surface area contributed by atoms with Crippen LogP contribution in [0, 0.1) is 0 Å². The third kappa shape index (κ3) is 8.33. The first-order valence-electron chi connectivity index (χ1n) is 14.0. The fourth-order valence-electron chi connectivity index (χ4n) is 4.53. The minimum Gasteiger partial charge on any atom is -0.487 e. The number of alkyl halides is 5. The van der Waals surface area contributed by atoms with Gasteiger partial charge in [-0.15, -0.1) is 46.7 Å². The Balaban J connectivity index is 1.46. The van der Waals surface area contributed by atoms with Crippen LogP contribution in [0.4, 0.5) is 27.6 Å². The lowest BCUT2D eigenvalue weighted by Gasteiger charge is -2.33. The second kappa shape index (κ2) is 13.2. The monoisotopic (exact) mass is 761 g/mol. The number of rotatable bonds is 8. The SMILES string of the molecule is CC(C)(C)OC(=O)c1ccc(OCc2c(Cl)c(C(F)(F)F)nn2-c2cccc(C(=O)N(c3ccc4c(c3)OC(F)(F)O4)C(S)(S)S)c2)cc1. The number of anilines is 1. The van der Waals surface area contributed by atoms with Crippen molar-refractivity contribution in [1.29, 1.82) is 0 Å². The molecule has 1 amide bonds. The number of hydrogen-bond acceptors (Lipinski definition) is 10. The van der Waals surface area contributed by atoms with E-state index >= 15 is 0 Å². The van der Waals surface area contributed by atoms with Crippen LogP contribution in [-0.2, 0) is 17.5 Å². The predicted molar refractivity (Wildman–Crippen MR) is 179 cm³/mol. The van der Waals surface area contributed by atoms with Crippen LogP contribution in [0.5, 0.6) is 17.2 Å². The molecule has 0 aliphatic carbocycles. The first kappa shape index (κ1) is 36.5. The number of benzene rings is 3. The third-order valence-electron chi connectivity index (χ3n) is 6.53. The van der Waals surface area contributed by atoms with E-state index < -0.39 is 50.8 Å². The van der Waals surface area contributed by atoms with E-state index in [-0.39, 0.29) is 45.4 Å². The van der Waals surface area contributed by atoms with E-state index in [1.54, 1.807) is 20.8 Å². The first-order valence-corrected chi connectivity index (χ1v) is 15.7. The zero-order valence-electron chi connectivity index (χ0n) is 25.5. The van der Waals surface area contributed by atoms with Crippen molar-refractivity contribution >= 4 is 67.1 Å². The van der Waals surface area contributed by atoms with Gasteiger partial charge in [-0.2, -0.15) is 18.3 Å². The van der Waals surface area contributed by atoms with Gasteiger partial charge in [-0.05, 0) is 75.4 Å². The highest BCUT2D eigenvalue weighted by molar-refractivity contribution is 8.17. The lowest BCUT2D eigenvalue weighted by atomic mass is 10.1. The van der Waals surface area contributed by atoms with E-state index in [0.29, 0.717) is 0 Å². The zero-order valence-corrected chi connectivity index (χ0v) is 28.9. The number of carbonyl (C=O) groups is 2. The molecule has 1 aromatic heterocycles. The molecule has 0 atom stereocenters. The number of nitrogens with zero attached hydrogens (tertiary/aromatic N) is 3. The summed E-state index contributed by atoms with van der Waals surface area (Å²) < 4.78 is 88.1. The number of hydrogen-bond donors (Lipinski definition) is 3. The van der Waals surface area contributed by atoms with Gasteiger partial charge in [0.15, 0.2) is 20.7 Å². The number of aromatic nitrogens is 2. The number of halogens is 6. The smallest absolute Gasteiger partial charge is 0.487 e. The van der Waals surface area contributed by atoms with E-state index in [9.17, 15) is 31.5 Å². The maximum atomic E-state index is 13.9. The average molecular weight is 762 g/mol. The number of fused-ring (bicyclic) bond motifs is 1. The van der Waals surface area contributed by atoms with Gasteiger partial charge in [0, 0.05) is 11.6 Å². The second-order valence-corrected chi connectivity index (χ2v) is 14.8. The Kier molecular flexibility index (Phi) is 9.79. The van der Waals surface area contributed by atoms with Crippen molar-refractivity contribution in [1.82, 2.24) is 9.78 Å². The van der Waals surface area contributed by atoms with Gasteiger partial charge < -0.3 is 18.9 Å². The van der Waals surface area contributed by atoms with Gasteiger partial charge >= 0.3 is 18.4 Å². The summed E-state index contributed by atoms with van der Waals surface area (Å²) in [4.78, 5) is 27.1. The summed E-state index contributed by atoms with van der Waals surface area (Å²) in [5, 5.41) is 2.94. The summed E-state index contributed by atoms with van der Waals surface area (Å²) in [6, 6.07) is 14.5. The topological polar surface area (TPSA) is 92.1 Å². The summed E-state index contributed by atoms with van der Waals surface area (Å²) in [6.07, 6.45) is -8.87. The molecule has 3 aromatic carbocycles. The minimum atomic E-state index is -4.95. The van der Waals surface area contributed by atoms with Crippen molar-refractivity contribution in [3.05, 3.63) is 94.3 Å². The highest BCUT2D eigenvalue weighted by Crippen LogP contribution is 2.45. The Morgan fingerprint density at radius 2 is 1.59 bits per heavy atom. The highest BCUT2D eigenvalue weighted by Gasteiger charge is 2.44. The lowest BCUT2D eigenvalue weighted by Crippen LogP contribution is -2.41. The maximum absolute atomic E-state index is 13.9. The molecule has 0 saturated heterocycles. The van der Waals surface area contributed by atoms with Gasteiger partial charge in [0.2, 0.25) is 0 Å². The van der Waals surface area contributed by atoms with Crippen LogP contribution in [0.2, 0.25) is 5.02 Å². The second-order valence-electron chi connectivity index (χ2n) is 11.4. The zero-order chi connectivity index (χ0) is 36.1. The van der Waals surface area contributed by atoms with Crippen molar-refractivity contribution in [3.8, 4) is 22.9 Å². The van der Waals surface area contributed by atoms with Gasteiger partial charge in [-0.3, -0.25) is 9.69 Å². The van der Waals surface area contributed by atoms with E-state index in [1.807, 2.05) is 0 Å². The van der Waals surface area contributed by atoms with E-state index in [4.69, 9.17) is 21.1 Å². The average Bonchev–Trinajstić information content (AvgIpc) is 3.49. The van der Waals surface area contributed by atoms with E-state index in [1.165, 1.54) is 54.6 Å². The molecule has 9 nitrogen and oxygen atoms in total. The molecular weight excluding hydrogens is 737 g/mol. The van der Waals surface area contributed by atoms with Crippen molar-refractivity contribution < 1.29 is 50.5 Å². The van der Waals surface area contributed by atoms with Gasteiger partial charge in [-0.25, -0.2) is 9.48 Å². The van der Waals surface area contributed by atoms with Crippen molar-refractivity contribution in [2.75, 3.05) is 4.90 Å². The molecule has 4 aromatic rings. The molecule has 49 heavy (non-hydrogen) atoms. The van der Waals surface area contributed by atoms with Gasteiger partial charge in [0.1, 0.15) is 23.7 Å². The molecule has 1 aliphatic rings. The summed E-state index contributed by atoms with van der Waals surface area (Å²) in [6.45, 7) is 4.63. The summed E-state index contributed by atoms with van der Waals surface area (Å²) in [7, 11) is 0. The van der Waals surface area contributed by atoms with Crippen LogP contribution >= 0.6 is 49.5 Å². The molecule has 0 unspecified atom stereocenters. The number of esters is 1. The fraction of sp³-hybridized carbons (Fsp3) is 0.258. The number of amides is 1. The van der Waals surface area contributed by atoms with Gasteiger partial charge in [0.05, 0.1) is 22.0 Å². The van der Waals surface area contributed by atoms with Crippen LogP contribution < -0.4 is 19.1 Å². The van der Waals surface area contributed by atoms with Crippen molar-refractivity contribution in [2.45, 2.75) is 49.0 Å². The van der Waals surface area contributed by atoms with E-state index in [2.05, 4.69) is 52.5 Å². The van der Waals surface area contributed by atoms with Crippen LogP contribution in [0.1, 0.15) is 52.9 Å². The Morgan fingerprint density at radius 1 is 0.939 bits per heavy atom. The number of carbonyl (C=O) groups excluding carboxylic acids is 2. The highest BCUT2D eigenvalue weighted by atomic mass is 35.5. The Labute approximate surface area is 297 Å². The quantitative estimate of drug-likeness (QED) is 0.0719. The van der Waals surface area contributed by atoms with Crippen LogP contribution in [0.25, 0.3) is 5.69 Å². The maximum Gasteiger partial charge on any atom is 0.586 e. The van der Waals surface area contributed by atoms with Crippen LogP contribution in [0.3, 0.4) is 0 Å². The lowest BCUT2D eigenvalue weighted by molar-refractivity contribution is -0.286. The van der Waals surface area contributed by atoms with Crippen LogP contribution in [-0.4, -0.2) is 37.1 Å². The molecule has 0 spiro atoms. The molecule has 0 bridgehead atoms. The Bertz CT molecular complexity index is 1910. The molecular formula is C31H25ClF5N3O6S3. The summed E-state index contributed by atoms with van der Waals surface area (Å²) in [5.41, 5.74) is -2.25. The molecule has 1 aliphatic heterocycles. The molecule has 0 saturated carbocycles. The standard InChI is InChI=1S/C31H25ClF5N3O6S3/c1-28(2,3)46-27(42)16-7-10-20(11-8-16)43-15-21-24(32)25(29(33,34)35)38-40(21)19-6-4-5-17(13-19)26(41)39(31(47,48)49)18-9-12-22-23(14-18)45-30(36,37)44-22/h4-14,47-49H,15H2,1-3H3. The van der Waals surface area contributed by atoms with Crippen molar-refractivity contribution in [3.63, 3.8) is 0 Å². The minimum absolute atomic E-state index is 0.0181. The number of ether oxygens (including phenoxy) is 4. The predicted octanol–water partition coefficient (Wildman–Crippen LogP) is 8.45. The third-order valence-corrected chi connectivity index (χ3v) is 7.53. The Morgan fingerprint density at radius 3 is 2.20 bits per heavy atom. The fourth-order valence-corrected chi connectivity index (χ4v) is 5.43. The van der Waals surface area contributed by atoms with Crippen LogP contribution in [0.15, 0.2) is 66.7 Å². The van der Waals surface area contributed by atoms with E-state index in [0.717, 1.165) is 21.7 Å². The Hall–Kier alpha value is -3.80. The molecule has 18 heteroatoms. The van der Waals surface area contributed by atoms with Gasteiger partial charge in [0.25, 0.3) is 5.91 Å². The van der Waals surface area contributed by atoms with Crippen molar-refractivity contribution in [2.24, 2.45) is 0 Å². The number of thiol groups is 3. The molecule has 0 radical (unpaired) electrons.